The van der Waals surface area contributed by atoms with Crippen molar-refractivity contribution in [2.75, 3.05) is 6.54 Å². The standard InChI is InChI=1S/C18H20ClN3O/c1-14(12-22-9-8-20-13-22)10-21-11-15-6-7-18(23-15)16-4-2-3-5-17(16)19/h2-9,13-14,21H,10-12H2,1H3. The molecule has 1 N–H and O–H groups in total. The summed E-state index contributed by atoms with van der Waals surface area (Å²) < 4.78 is 7.97. The lowest BCUT2D eigenvalue weighted by molar-refractivity contribution is 0.423. The van der Waals surface area contributed by atoms with Crippen LogP contribution in [0.15, 0.2) is 59.5 Å². The SMILES string of the molecule is CC(CNCc1ccc(-c2ccccc2Cl)o1)Cn1ccnc1. The third-order valence-corrected chi connectivity index (χ3v) is 4.00. The van der Waals surface area contributed by atoms with Crippen molar-refractivity contribution in [3.63, 3.8) is 0 Å². The summed E-state index contributed by atoms with van der Waals surface area (Å²) in [7, 11) is 0. The molecular weight excluding hydrogens is 310 g/mol. The van der Waals surface area contributed by atoms with Gasteiger partial charge in [0.2, 0.25) is 0 Å². The van der Waals surface area contributed by atoms with E-state index in [0.717, 1.165) is 30.2 Å². The van der Waals surface area contributed by atoms with Crippen LogP contribution in [0.25, 0.3) is 11.3 Å². The first kappa shape index (κ1) is 15.8. The fourth-order valence-corrected chi connectivity index (χ4v) is 2.77. The molecule has 4 nitrogen and oxygen atoms in total. The summed E-state index contributed by atoms with van der Waals surface area (Å²) in [4.78, 5) is 4.06. The molecule has 1 aromatic carbocycles. The number of halogens is 1. The largest absolute Gasteiger partial charge is 0.460 e. The number of hydrogen-bond donors (Lipinski definition) is 1. The Hall–Kier alpha value is -2.04. The van der Waals surface area contributed by atoms with E-state index in [1.807, 2.05) is 48.9 Å². The van der Waals surface area contributed by atoms with Crippen LogP contribution >= 0.6 is 11.6 Å². The molecule has 2 aromatic heterocycles. The van der Waals surface area contributed by atoms with Crippen LogP contribution in [0.3, 0.4) is 0 Å². The molecule has 1 atom stereocenters. The van der Waals surface area contributed by atoms with E-state index in [0.29, 0.717) is 17.5 Å². The summed E-state index contributed by atoms with van der Waals surface area (Å²) in [6.07, 6.45) is 5.64. The monoisotopic (exact) mass is 329 g/mol. The first-order valence-corrected chi connectivity index (χ1v) is 8.10. The van der Waals surface area contributed by atoms with Crippen molar-refractivity contribution in [3.8, 4) is 11.3 Å². The molecule has 0 amide bonds. The molecular formula is C18H20ClN3O. The maximum absolute atomic E-state index is 6.20. The van der Waals surface area contributed by atoms with E-state index in [1.165, 1.54) is 0 Å². The average molecular weight is 330 g/mol. The fraction of sp³-hybridized carbons (Fsp3) is 0.278. The van der Waals surface area contributed by atoms with Gasteiger partial charge in [0.25, 0.3) is 0 Å². The van der Waals surface area contributed by atoms with Gasteiger partial charge in [-0.05, 0) is 36.7 Å². The quantitative estimate of drug-likeness (QED) is 0.705. The van der Waals surface area contributed by atoms with E-state index in [1.54, 1.807) is 6.20 Å². The lowest BCUT2D eigenvalue weighted by Crippen LogP contribution is -2.23. The second kappa shape index (κ2) is 7.49. The minimum Gasteiger partial charge on any atom is -0.460 e. The predicted molar refractivity (Wildman–Crippen MR) is 92.3 cm³/mol. The van der Waals surface area contributed by atoms with Gasteiger partial charge in [-0.3, -0.25) is 0 Å². The maximum Gasteiger partial charge on any atom is 0.135 e. The lowest BCUT2D eigenvalue weighted by Gasteiger charge is -2.12. The van der Waals surface area contributed by atoms with Crippen LogP contribution in [0.5, 0.6) is 0 Å². The van der Waals surface area contributed by atoms with Gasteiger partial charge in [-0.1, -0.05) is 30.7 Å². The molecule has 0 bridgehead atoms. The minimum absolute atomic E-state index is 0.516. The highest BCUT2D eigenvalue weighted by molar-refractivity contribution is 6.33. The zero-order valence-corrected chi connectivity index (χ0v) is 13.8. The highest BCUT2D eigenvalue weighted by atomic mass is 35.5. The number of furan rings is 1. The number of benzene rings is 1. The van der Waals surface area contributed by atoms with E-state index < -0.39 is 0 Å². The summed E-state index contributed by atoms with van der Waals surface area (Å²) in [5.74, 6) is 2.23. The molecule has 0 saturated carbocycles. The Morgan fingerprint density at radius 1 is 1.26 bits per heavy atom. The summed E-state index contributed by atoms with van der Waals surface area (Å²) in [6.45, 7) is 4.79. The molecule has 2 heterocycles. The van der Waals surface area contributed by atoms with Gasteiger partial charge in [-0.15, -0.1) is 0 Å². The van der Waals surface area contributed by atoms with Crippen LogP contribution in [0.2, 0.25) is 5.02 Å². The summed E-state index contributed by atoms with van der Waals surface area (Å²) >= 11 is 6.20. The normalized spacial score (nSPS) is 12.4. The summed E-state index contributed by atoms with van der Waals surface area (Å²) in [5.41, 5.74) is 0.925. The fourth-order valence-electron chi connectivity index (χ4n) is 2.54. The van der Waals surface area contributed by atoms with Crippen LogP contribution in [0.1, 0.15) is 12.7 Å². The van der Waals surface area contributed by atoms with E-state index in [2.05, 4.69) is 21.8 Å². The van der Waals surface area contributed by atoms with Crippen molar-refractivity contribution in [1.82, 2.24) is 14.9 Å². The van der Waals surface area contributed by atoms with Gasteiger partial charge in [0, 0.05) is 24.5 Å². The van der Waals surface area contributed by atoms with Gasteiger partial charge < -0.3 is 14.3 Å². The van der Waals surface area contributed by atoms with Crippen LogP contribution < -0.4 is 5.32 Å². The molecule has 3 rings (SSSR count). The lowest BCUT2D eigenvalue weighted by atomic mass is 10.2. The van der Waals surface area contributed by atoms with Gasteiger partial charge in [0.05, 0.1) is 17.9 Å². The number of imidazole rings is 1. The minimum atomic E-state index is 0.516. The highest BCUT2D eigenvalue weighted by Crippen LogP contribution is 2.28. The molecule has 120 valence electrons. The molecule has 0 radical (unpaired) electrons. The summed E-state index contributed by atoms with van der Waals surface area (Å²) in [6, 6.07) is 11.7. The van der Waals surface area contributed by atoms with Gasteiger partial charge in [0.1, 0.15) is 11.5 Å². The molecule has 5 heteroatoms. The Morgan fingerprint density at radius 2 is 2.13 bits per heavy atom. The van der Waals surface area contributed by atoms with E-state index >= 15 is 0 Å². The Balaban J connectivity index is 1.51. The molecule has 23 heavy (non-hydrogen) atoms. The Kier molecular flexibility index (Phi) is 5.16. The highest BCUT2D eigenvalue weighted by Gasteiger charge is 2.08. The third kappa shape index (κ3) is 4.24. The van der Waals surface area contributed by atoms with Crippen LogP contribution in [0, 0.1) is 5.92 Å². The smallest absolute Gasteiger partial charge is 0.135 e. The molecule has 0 aliphatic heterocycles. The number of rotatable bonds is 7. The Labute approximate surface area is 141 Å². The maximum atomic E-state index is 6.20. The van der Waals surface area contributed by atoms with Crippen molar-refractivity contribution >= 4 is 11.6 Å². The second-order valence-corrected chi connectivity index (χ2v) is 6.15. The van der Waals surface area contributed by atoms with Crippen molar-refractivity contribution in [2.45, 2.75) is 20.0 Å². The molecule has 0 aliphatic carbocycles. The second-order valence-electron chi connectivity index (χ2n) is 5.74. The number of hydrogen-bond acceptors (Lipinski definition) is 3. The molecule has 0 aliphatic rings. The number of nitrogens with one attached hydrogen (secondary N) is 1. The first-order valence-electron chi connectivity index (χ1n) is 7.72. The van der Waals surface area contributed by atoms with Gasteiger partial charge in [0.15, 0.2) is 0 Å². The van der Waals surface area contributed by atoms with Crippen LogP contribution in [-0.2, 0) is 13.1 Å². The predicted octanol–water partition coefficient (Wildman–Crippen LogP) is 4.22. The number of nitrogens with zero attached hydrogens (tertiary/aromatic N) is 2. The van der Waals surface area contributed by atoms with Gasteiger partial charge >= 0.3 is 0 Å². The van der Waals surface area contributed by atoms with Gasteiger partial charge in [-0.2, -0.15) is 0 Å². The zero-order valence-electron chi connectivity index (χ0n) is 13.1. The van der Waals surface area contributed by atoms with Crippen molar-refractivity contribution < 1.29 is 4.42 Å². The number of aromatic nitrogens is 2. The van der Waals surface area contributed by atoms with E-state index in [9.17, 15) is 0 Å². The van der Waals surface area contributed by atoms with Crippen molar-refractivity contribution in [1.29, 1.82) is 0 Å². The Bertz CT molecular complexity index is 736. The first-order chi connectivity index (χ1) is 11.2. The van der Waals surface area contributed by atoms with Crippen LogP contribution in [0.4, 0.5) is 0 Å². The van der Waals surface area contributed by atoms with Gasteiger partial charge in [-0.25, -0.2) is 4.98 Å². The van der Waals surface area contributed by atoms with E-state index in [-0.39, 0.29) is 0 Å². The molecule has 1 unspecified atom stereocenters. The summed E-state index contributed by atoms with van der Waals surface area (Å²) in [5, 5.41) is 4.14. The average Bonchev–Trinajstić information content (AvgIpc) is 3.20. The Morgan fingerprint density at radius 3 is 2.91 bits per heavy atom. The molecule has 3 aromatic rings. The molecule has 0 saturated heterocycles. The zero-order chi connectivity index (χ0) is 16.1. The third-order valence-electron chi connectivity index (χ3n) is 3.67. The topological polar surface area (TPSA) is 43.0 Å². The van der Waals surface area contributed by atoms with Crippen LogP contribution in [-0.4, -0.2) is 16.1 Å². The molecule has 0 spiro atoms. The van der Waals surface area contributed by atoms with Crippen molar-refractivity contribution in [2.24, 2.45) is 5.92 Å². The van der Waals surface area contributed by atoms with E-state index in [4.69, 9.17) is 16.0 Å². The molecule has 0 fully saturated rings. The van der Waals surface area contributed by atoms with Crippen molar-refractivity contribution in [3.05, 3.63) is 65.9 Å².